The van der Waals surface area contributed by atoms with E-state index in [0.717, 1.165) is 31.2 Å². The number of nitrogens with two attached hydrogens (primary N) is 4. The van der Waals surface area contributed by atoms with Crippen molar-refractivity contribution in [2.45, 2.75) is 83.2 Å². The maximum absolute atomic E-state index is 11.2. The molecule has 11 N–H and O–H groups in total. The minimum atomic E-state index is -0.968. The molecule has 1 fully saturated rings. The van der Waals surface area contributed by atoms with Gasteiger partial charge in [0.15, 0.2) is 0 Å². The summed E-state index contributed by atoms with van der Waals surface area (Å²) in [4.78, 5) is 40.9. The standard InChI is InChI=1S/C11H13NO2.C6H14N2O2.C6H13N.C2H5NO2/c1-2-3-11(14)12-10-6-4-9(8-13)5-7-10;7-4-2-1-3-5(8)6(9)10;7-6-4-2-1-3-5-6;3-1-2(4)5/h4-8H,2-3H2,1H3,(H,12,14);5H,1-4,7-8H2,(H,9,10);6H,1-5,7H2;1,3H2,(H,4,5)/t;5-;;/m.0../s1. The topological polar surface area (TPSA) is 225 Å². The summed E-state index contributed by atoms with van der Waals surface area (Å²) in [6, 6.07) is 6.61. The fourth-order valence-electron chi connectivity index (χ4n) is 2.86. The molecule has 0 unspecified atom stereocenters. The Morgan fingerprint density at radius 2 is 1.61 bits per heavy atom. The number of carbonyl (C=O) groups excluding carboxylic acids is 2. The fourth-order valence-corrected chi connectivity index (χ4v) is 2.86. The molecule has 1 atom stereocenters. The van der Waals surface area contributed by atoms with Crippen molar-refractivity contribution in [1.29, 1.82) is 0 Å². The number of anilines is 1. The summed E-state index contributed by atoms with van der Waals surface area (Å²) in [5, 5.41) is 18.7. The molecule has 1 aromatic rings. The highest BCUT2D eigenvalue weighted by atomic mass is 16.4. The van der Waals surface area contributed by atoms with Crippen LogP contribution in [0.1, 0.15) is 81.5 Å². The van der Waals surface area contributed by atoms with Crippen LogP contribution < -0.4 is 28.3 Å². The molecule has 11 nitrogen and oxygen atoms in total. The first kappa shape index (κ1) is 35.3. The summed E-state index contributed by atoms with van der Waals surface area (Å²) in [6.07, 6.45) is 11.0. The number of hydrogen-bond donors (Lipinski definition) is 7. The summed E-state index contributed by atoms with van der Waals surface area (Å²) in [5.41, 5.74) is 22.0. The quantitative estimate of drug-likeness (QED) is 0.179. The van der Waals surface area contributed by atoms with Crippen LogP contribution in [0.25, 0.3) is 0 Å². The largest absolute Gasteiger partial charge is 0.480 e. The number of rotatable bonds is 10. The molecule has 206 valence electrons. The van der Waals surface area contributed by atoms with Crippen LogP contribution in [0.4, 0.5) is 5.69 Å². The first-order valence-electron chi connectivity index (χ1n) is 12.3. The van der Waals surface area contributed by atoms with Crippen molar-refractivity contribution >= 4 is 29.8 Å². The van der Waals surface area contributed by atoms with Crippen LogP contribution in [0.3, 0.4) is 0 Å². The van der Waals surface area contributed by atoms with Crippen molar-refractivity contribution in [1.82, 2.24) is 0 Å². The van der Waals surface area contributed by atoms with E-state index in [1.165, 1.54) is 32.1 Å². The molecule has 11 heteroatoms. The Bertz CT molecular complexity index is 724. The highest BCUT2D eigenvalue weighted by Crippen LogP contribution is 2.14. The van der Waals surface area contributed by atoms with E-state index in [-0.39, 0.29) is 12.5 Å². The molecule has 0 heterocycles. The number of aldehydes is 1. The van der Waals surface area contributed by atoms with Gasteiger partial charge in [-0.3, -0.25) is 19.2 Å². The van der Waals surface area contributed by atoms with Gasteiger partial charge in [-0.05, 0) is 62.9 Å². The number of carbonyl (C=O) groups is 4. The van der Waals surface area contributed by atoms with Gasteiger partial charge in [-0.25, -0.2) is 0 Å². The summed E-state index contributed by atoms with van der Waals surface area (Å²) in [7, 11) is 0. The Balaban J connectivity index is 0. The third-order valence-electron chi connectivity index (χ3n) is 4.92. The van der Waals surface area contributed by atoms with E-state index < -0.39 is 18.0 Å². The lowest BCUT2D eigenvalue weighted by molar-refractivity contribution is -0.139. The Morgan fingerprint density at radius 3 is 1.97 bits per heavy atom. The number of unbranched alkanes of at least 4 members (excludes halogenated alkanes) is 1. The number of carboxylic acid groups (broad SMARTS) is 2. The van der Waals surface area contributed by atoms with Crippen LogP contribution in [0, 0.1) is 0 Å². The molecule has 0 saturated heterocycles. The molecule has 36 heavy (non-hydrogen) atoms. The first-order valence-corrected chi connectivity index (χ1v) is 12.3. The normalized spacial score (nSPS) is 13.2. The van der Waals surface area contributed by atoms with Gasteiger partial charge < -0.3 is 38.5 Å². The zero-order valence-electron chi connectivity index (χ0n) is 21.4. The molecule has 2 rings (SSSR count). The lowest BCUT2D eigenvalue weighted by Crippen LogP contribution is -2.29. The van der Waals surface area contributed by atoms with E-state index in [0.29, 0.717) is 31.0 Å². The molecule has 0 radical (unpaired) electrons. The number of carboxylic acids is 2. The number of nitrogens with one attached hydrogen (secondary N) is 1. The van der Waals surface area contributed by atoms with E-state index >= 15 is 0 Å². The number of benzene rings is 1. The zero-order valence-corrected chi connectivity index (χ0v) is 21.4. The van der Waals surface area contributed by atoms with E-state index in [9.17, 15) is 19.2 Å². The summed E-state index contributed by atoms with van der Waals surface area (Å²) < 4.78 is 0. The van der Waals surface area contributed by atoms with E-state index in [1.54, 1.807) is 24.3 Å². The highest BCUT2D eigenvalue weighted by Gasteiger charge is 2.09. The molecule has 1 aliphatic rings. The van der Waals surface area contributed by atoms with Crippen molar-refractivity contribution in [3.63, 3.8) is 0 Å². The first-order chi connectivity index (χ1) is 17.1. The summed E-state index contributed by atoms with van der Waals surface area (Å²) in [6.45, 7) is 2.28. The minimum absolute atomic E-state index is 0.00588. The van der Waals surface area contributed by atoms with Gasteiger partial charge in [-0.1, -0.05) is 32.6 Å². The van der Waals surface area contributed by atoms with Crippen molar-refractivity contribution in [3.05, 3.63) is 29.8 Å². The van der Waals surface area contributed by atoms with Gasteiger partial charge in [0.05, 0.1) is 6.54 Å². The monoisotopic (exact) mass is 511 g/mol. The van der Waals surface area contributed by atoms with Crippen molar-refractivity contribution in [2.75, 3.05) is 18.4 Å². The van der Waals surface area contributed by atoms with Gasteiger partial charge in [0.1, 0.15) is 12.3 Å². The van der Waals surface area contributed by atoms with E-state index in [1.807, 2.05) is 6.92 Å². The second-order valence-corrected chi connectivity index (χ2v) is 8.26. The second kappa shape index (κ2) is 23.9. The third-order valence-corrected chi connectivity index (χ3v) is 4.92. The van der Waals surface area contributed by atoms with Gasteiger partial charge in [0, 0.05) is 23.7 Å². The molecule has 1 aliphatic carbocycles. The summed E-state index contributed by atoms with van der Waals surface area (Å²) >= 11 is 0. The van der Waals surface area contributed by atoms with Gasteiger partial charge in [-0.15, -0.1) is 0 Å². The average molecular weight is 512 g/mol. The zero-order chi connectivity index (χ0) is 27.8. The number of amides is 1. The smallest absolute Gasteiger partial charge is 0.320 e. The Morgan fingerprint density at radius 1 is 1.06 bits per heavy atom. The predicted octanol–water partition coefficient (Wildman–Crippen LogP) is 2.07. The molecule has 0 aliphatic heterocycles. The molecule has 1 saturated carbocycles. The van der Waals surface area contributed by atoms with Gasteiger partial charge in [0.25, 0.3) is 0 Å². The Kier molecular flexibility index (Phi) is 23.4. The molecular formula is C25H45N5O6. The van der Waals surface area contributed by atoms with Crippen molar-refractivity contribution in [2.24, 2.45) is 22.9 Å². The van der Waals surface area contributed by atoms with Crippen LogP contribution in [-0.4, -0.2) is 59.5 Å². The van der Waals surface area contributed by atoms with E-state index in [2.05, 4.69) is 11.1 Å². The lowest BCUT2D eigenvalue weighted by atomic mass is 9.97. The highest BCUT2D eigenvalue weighted by molar-refractivity contribution is 5.91. The molecule has 0 aromatic heterocycles. The number of hydrogen-bond acceptors (Lipinski definition) is 8. The second-order valence-electron chi connectivity index (χ2n) is 8.26. The maximum Gasteiger partial charge on any atom is 0.320 e. The van der Waals surface area contributed by atoms with Crippen molar-refractivity contribution in [3.8, 4) is 0 Å². The van der Waals surface area contributed by atoms with Crippen LogP contribution in [0.15, 0.2) is 24.3 Å². The Hall–Kier alpha value is -2.86. The van der Waals surface area contributed by atoms with Crippen LogP contribution in [0.2, 0.25) is 0 Å². The molecule has 1 aromatic carbocycles. The SMILES string of the molecule is CCCC(=O)Nc1ccc(C=O)cc1.NC1CCCCC1.NCC(=O)O.NCCCC[C@H](N)C(=O)O. The van der Waals surface area contributed by atoms with Gasteiger partial charge in [0.2, 0.25) is 5.91 Å². The minimum Gasteiger partial charge on any atom is -0.480 e. The fraction of sp³-hybridized carbons (Fsp3) is 0.600. The van der Waals surface area contributed by atoms with Gasteiger partial charge >= 0.3 is 11.9 Å². The lowest BCUT2D eigenvalue weighted by Gasteiger charge is -2.15. The van der Waals surface area contributed by atoms with Crippen molar-refractivity contribution < 1.29 is 29.4 Å². The van der Waals surface area contributed by atoms with E-state index in [4.69, 9.17) is 27.4 Å². The maximum atomic E-state index is 11.2. The van der Waals surface area contributed by atoms with Crippen LogP contribution in [-0.2, 0) is 14.4 Å². The predicted molar refractivity (Wildman–Crippen MR) is 142 cm³/mol. The number of aliphatic carboxylic acids is 2. The molecule has 0 bridgehead atoms. The average Bonchev–Trinajstić information content (AvgIpc) is 2.86. The Labute approximate surface area is 214 Å². The van der Waals surface area contributed by atoms with Crippen LogP contribution >= 0.6 is 0 Å². The van der Waals surface area contributed by atoms with Crippen LogP contribution in [0.5, 0.6) is 0 Å². The summed E-state index contributed by atoms with van der Waals surface area (Å²) in [5.74, 6) is -1.90. The molecule has 0 spiro atoms. The third kappa shape index (κ3) is 22.9. The molecular weight excluding hydrogens is 466 g/mol. The molecule has 1 amide bonds. The van der Waals surface area contributed by atoms with Gasteiger partial charge in [-0.2, -0.15) is 0 Å².